The fourth-order valence-electron chi connectivity index (χ4n) is 3.12. The van der Waals surface area contributed by atoms with Gasteiger partial charge in [-0.2, -0.15) is 5.10 Å². The summed E-state index contributed by atoms with van der Waals surface area (Å²) in [5.74, 6) is 2.62. The summed E-state index contributed by atoms with van der Waals surface area (Å²) >= 11 is 0. The largest absolute Gasteiger partial charge is 0.384 e. The maximum Gasteiger partial charge on any atom is 0.200 e. The second-order valence-electron chi connectivity index (χ2n) is 4.73. The van der Waals surface area contributed by atoms with E-state index in [0.29, 0.717) is 23.6 Å². The Labute approximate surface area is 97.0 Å². The van der Waals surface area contributed by atoms with Gasteiger partial charge in [0, 0.05) is 30.9 Å². The van der Waals surface area contributed by atoms with E-state index in [2.05, 4.69) is 30.8 Å². The molecule has 0 amide bonds. The minimum absolute atomic E-state index is 0.599. The number of methoxy groups -OCH3 is 1. The van der Waals surface area contributed by atoms with Crippen LogP contribution in [0.2, 0.25) is 0 Å². The first kappa shape index (κ1) is 9.29. The summed E-state index contributed by atoms with van der Waals surface area (Å²) in [6.45, 7) is 0.840. The van der Waals surface area contributed by atoms with Gasteiger partial charge in [0.15, 0.2) is 5.82 Å². The van der Waals surface area contributed by atoms with Crippen LogP contribution in [-0.2, 0) is 11.2 Å². The Morgan fingerprint density at radius 1 is 1.41 bits per heavy atom. The molecule has 0 spiro atoms. The molecule has 0 saturated heterocycles. The van der Waals surface area contributed by atoms with Crippen molar-refractivity contribution in [3.8, 4) is 11.5 Å². The molecule has 2 aromatic rings. The molecule has 0 aromatic carbocycles. The standard InChI is InChI=1S/C10H12N6O/c1-17-3-6-4-2-5-8(7(4)6)11-12-9(5)10-13-15-16-14-10/h4,6-7H,2-3H2,1H3,(H,11,12)(H,13,14,15,16). The summed E-state index contributed by atoms with van der Waals surface area (Å²) < 4.78 is 5.22. The quantitative estimate of drug-likeness (QED) is 0.784. The lowest BCUT2D eigenvalue weighted by Gasteiger charge is -2.02. The zero-order chi connectivity index (χ0) is 11.4. The number of fused-ring (bicyclic) bond motifs is 3. The third kappa shape index (κ3) is 1.14. The second-order valence-corrected chi connectivity index (χ2v) is 4.73. The SMILES string of the molecule is COCC1C2Cc3c(-c4nnn[nH]4)n[nH]c3C12. The Kier molecular flexibility index (Phi) is 1.71. The summed E-state index contributed by atoms with van der Waals surface area (Å²) in [5, 5.41) is 21.3. The lowest BCUT2D eigenvalue weighted by molar-refractivity contribution is 0.179. The normalized spacial score (nSPS) is 29.1. The topological polar surface area (TPSA) is 92.4 Å². The summed E-state index contributed by atoms with van der Waals surface area (Å²) in [7, 11) is 1.76. The van der Waals surface area contributed by atoms with E-state index < -0.39 is 0 Å². The average Bonchev–Trinajstić information content (AvgIpc) is 2.82. The van der Waals surface area contributed by atoms with Gasteiger partial charge in [0.2, 0.25) is 0 Å². The lowest BCUT2D eigenvalue weighted by atomic mass is 10.1. The number of nitrogens with one attached hydrogen (secondary N) is 2. The van der Waals surface area contributed by atoms with Crippen LogP contribution in [-0.4, -0.2) is 44.5 Å². The van der Waals surface area contributed by atoms with Crippen molar-refractivity contribution in [2.24, 2.45) is 11.8 Å². The highest BCUT2D eigenvalue weighted by Crippen LogP contribution is 2.61. The highest BCUT2D eigenvalue weighted by Gasteiger charge is 2.57. The third-order valence-corrected chi connectivity index (χ3v) is 3.93. The number of nitrogens with zero attached hydrogens (tertiary/aromatic N) is 4. The highest BCUT2D eigenvalue weighted by molar-refractivity contribution is 5.59. The van der Waals surface area contributed by atoms with Gasteiger partial charge in [-0.05, 0) is 28.7 Å². The summed E-state index contributed by atoms with van der Waals surface area (Å²) in [5.41, 5.74) is 3.39. The van der Waals surface area contributed by atoms with E-state index in [4.69, 9.17) is 4.74 Å². The Morgan fingerprint density at radius 2 is 2.35 bits per heavy atom. The smallest absolute Gasteiger partial charge is 0.200 e. The van der Waals surface area contributed by atoms with Crippen LogP contribution in [0.25, 0.3) is 11.5 Å². The zero-order valence-corrected chi connectivity index (χ0v) is 9.34. The van der Waals surface area contributed by atoms with Crippen LogP contribution in [0.15, 0.2) is 0 Å². The van der Waals surface area contributed by atoms with Gasteiger partial charge in [-0.3, -0.25) is 5.10 Å². The number of aromatic amines is 2. The average molecular weight is 232 g/mol. The second kappa shape index (κ2) is 3.13. The van der Waals surface area contributed by atoms with E-state index in [1.165, 1.54) is 11.3 Å². The minimum atomic E-state index is 0.599. The molecular formula is C10H12N6O. The van der Waals surface area contributed by atoms with Gasteiger partial charge in [0.05, 0.1) is 0 Å². The minimum Gasteiger partial charge on any atom is -0.384 e. The molecule has 2 aromatic heterocycles. The monoisotopic (exact) mass is 232 g/mol. The van der Waals surface area contributed by atoms with Crippen LogP contribution < -0.4 is 0 Å². The van der Waals surface area contributed by atoms with Gasteiger partial charge in [-0.15, -0.1) is 5.10 Å². The molecule has 88 valence electrons. The predicted octanol–water partition coefficient (Wildman–Crippen LogP) is 0.122. The van der Waals surface area contributed by atoms with E-state index in [1.807, 2.05) is 0 Å². The van der Waals surface area contributed by atoms with Crippen molar-refractivity contribution in [1.82, 2.24) is 30.8 Å². The molecule has 3 unspecified atom stereocenters. The number of aromatic nitrogens is 6. The van der Waals surface area contributed by atoms with Crippen molar-refractivity contribution >= 4 is 0 Å². The third-order valence-electron chi connectivity index (χ3n) is 3.93. The predicted molar refractivity (Wildman–Crippen MR) is 57.1 cm³/mol. The van der Waals surface area contributed by atoms with E-state index in [-0.39, 0.29) is 0 Å². The van der Waals surface area contributed by atoms with Crippen molar-refractivity contribution in [3.05, 3.63) is 11.3 Å². The van der Waals surface area contributed by atoms with Gasteiger partial charge in [0.1, 0.15) is 5.69 Å². The fraction of sp³-hybridized carbons (Fsp3) is 0.600. The molecule has 1 fully saturated rings. The molecule has 7 heteroatoms. The first-order valence-corrected chi connectivity index (χ1v) is 5.70. The number of hydrogen-bond donors (Lipinski definition) is 2. The molecule has 0 aliphatic heterocycles. The molecule has 2 N–H and O–H groups in total. The number of H-pyrrole nitrogens is 2. The first-order valence-electron chi connectivity index (χ1n) is 5.70. The molecule has 3 atom stereocenters. The van der Waals surface area contributed by atoms with Crippen LogP contribution in [0.3, 0.4) is 0 Å². The van der Waals surface area contributed by atoms with Crippen molar-refractivity contribution in [2.45, 2.75) is 12.3 Å². The highest BCUT2D eigenvalue weighted by atomic mass is 16.5. The Morgan fingerprint density at radius 3 is 3.12 bits per heavy atom. The summed E-state index contributed by atoms with van der Waals surface area (Å²) in [4.78, 5) is 0. The van der Waals surface area contributed by atoms with Crippen LogP contribution in [0, 0.1) is 11.8 Å². The van der Waals surface area contributed by atoms with E-state index in [1.54, 1.807) is 7.11 Å². The van der Waals surface area contributed by atoms with Gasteiger partial charge in [-0.25, -0.2) is 5.10 Å². The molecule has 0 bridgehead atoms. The maximum atomic E-state index is 5.22. The number of hydrogen-bond acceptors (Lipinski definition) is 5. The molecular weight excluding hydrogens is 220 g/mol. The molecule has 2 heterocycles. The van der Waals surface area contributed by atoms with Crippen molar-refractivity contribution in [1.29, 1.82) is 0 Å². The van der Waals surface area contributed by atoms with Crippen LogP contribution >= 0.6 is 0 Å². The lowest BCUT2D eigenvalue weighted by Crippen LogP contribution is -2.00. The maximum absolute atomic E-state index is 5.22. The van der Waals surface area contributed by atoms with Crippen molar-refractivity contribution in [3.63, 3.8) is 0 Å². The molecule has 7 nitrogen and oxygen atoms in total. The molecule has 2 aliphatic carbocycles. The van der Waals surface area contributed by atoms with Gasteiger partial charge in [0.25, 0.3) is 0 Å². The van der Waals surface area contributed by atoms with E-state index in [0.717, 1.165) is 18.7 Å². The van der Waals surface area contributed by atoms with Crippen LogP contribution in [0.5, 0.6) is 0 Å². The van der Waals surface area contributed by atoms with Crippen LogP contribution in [0.1, 0.15) is 17.2 Å². The van der Waals surface area contributed by atoms with Crippen molar-refractivity contribution in [2.75, 3.05) is 13.7 Å². The summed E-state index contributed by atoms with van der Waals surface area (Å²) in [6.07, 6.45) is 1.06. The molecule has 0 radical (unpaired) electrons. The van der Waals surface area contributed by atoms with Crippen LogP contribution in [0.4, 0.5) is 0 Å². The van der Waals surface area contributed by atoms with Gasteiger partial charge in [-0.1, -0.05) is 0 Å². The Bertz CT molecular complexity index is 547. The molecule has 2 aliphatic rings. The number of tetrazole rings is 1. The van der Waals surface area contributed by atoms with Gasteiger partial charge < -0.3 is 4.74 Å². The first-order chi connectivity index (χ1) is 8.40. The Hall–Kier alpha value is -1.76. The van der Waals surface area contributed by atoms with Crippen molar-refractivity contribution < 1.29 is 4.74 Å². The van der Waals surface area contributed by atoms with E-state index in [9.17, 15) is 0 Å². The zero-order valence-electron chi connectivity index (χ0n) is 9.34. The van der Waals surface area contributed by atoms with E-state index >= 15 is 0 Å². The summed E-state index contributed by atoms with van der Waals surface area (Å²) in [6, 6.07) is 0. The number of rotatable bonds is 3. The fourth-order valence-corrected chi connectivity index (χ4v) is 3.12. The van der Waals surface area contributed by atoms with Gasteiger partial charge >= 0.3 is 0 Å². The molecule has 1 saturated carbocycles. The molecule has 4 rings (SSSR count). The molecule has 17 heavy (non-hydrogen) atoms. The number of ether oxygens (including phenoxy) is 1. The Balaban J connectivity index is 1.68.